The average Bonchev–Trinajstić information content (AvgIpc) is 3.02. The molecule has 0 saturated carbocycles. The van der Waals surface area contributed by atoms with Gasteiger partial charge >= 0.3 is 0 Å². The van der Waals surface area contributed by atoms with Crippen molar-refractivity contribution in [2.24, 2.45) is 0 Å². The Hall–Kier alpha value is -2.88. The summed E-state index contributed by atoms with van der Waals surface area (Å²) in [6, 6.07) is 14.8. The minimum Gasteiger partial charge on any atom is -0.337 e. The number of imidazole rings is 1. The minimum absolute atomic E-state index is 0.0575. The maximum atomic E-state index is 12.5. The normalized spacial score (nSPS) is 13.6. The van der Waals surface area contributed by atoms with Crippen molar-refractivity contribution in [1.82, 2.24) is 14.5 Å². The zero-order valence-corrected chi connectivity index (χ0v) is 14.6. The summed E-state index contributed by atoms with van der Waals surface area (Å²) in [4.78, 5) is 18.5. The van der Waals surface area contributed by atoms with Crippen LogP contribution < -0.4 is 0 Å². The molecule has 2 heterocycles. The van der Waals surface area contributed by atoms with Gasteiger partial charge in [-0.05, 0) is 43.5 Å². The van der Waals surface area contributed by atoms with Gasteiger partial charge in [-0.15, -0.1) is 0 Å². The van der Waals surface area contributed by atoms with Crippen LogP contribution in [0.15, 0.2) is 55.0 Å². The first-order chi connectivity index (χ1) is 12.1. The molecular formula is C21H21N3O. The lowest BCUT2D eigenvalue weighted by Gasteiger charge is -2.30. The molecule has 0 radical (unpaired) electrons. The van der Waals surface area contributed by atoms with E-state index in [0.717, 1.165) is 25.2 Å². The highest BCUT2D eigenvalue weighted by molar-refractivity contribution is 5.93. The Balaban J connectivity index is 1.65. The summed E-state index contributed by atoms with van der Waals surface area (Å²) < 4.78 is 1.87. The second kappa shape index (κ2) is 6.20. The molecule has 1 amide bonds. The first-order valence-electron chi connectivity index (χ1n) is 8.62. The van der Waals surface area contributed by atoms with Crippen LogP contribution in [0.4, 0.5) is 0 Å². The van der Waals surface area contributed by atoms with Crippen molar-refractivity contribution in [2.75, 3.05) is 13.1 Å². The molecule has 4 rings (SSSR count). The molecule has 4 nitrogen and oxygen atoms in total. The first-order valence-corrected chi connectivity index (χ1v) is 8.62. The zero-order chi connectivity index (χ0) is 17.4. The molecule has 4 heteroatoms. The Labute approximate surface area is 147 Å². The van der Waals surface area contributed by atoms with Crippen LogP contribution in [0.3, 0.4) is 0 Å². The van der Waals surface area contributed by atoms with Crippen LogP contribution >= 0.6 is 0 Å². The van der Waals surface area contributed by atoms with E-state index in [-0.39, 0.29) is 5.91 Å². The van der Waals surface area contributed by atoms with Crippen molar-refractivity contribution in [1.29, 1.82) is 0 Å². The molecule has 0 aliphatic carbocycles. The van der Waals surface area contributed by atoms with Gasteiger partial charge in [0.05, 0.1) is 12.5 Å². The number of amides is 1. The molecule has 0 bridgehead atoms. The molecule has 0 N–H and O–H groups in total. The Morgan fingerprint density at radius 2 is 1.64 bits per heavy atom. The monoisotopic (exact) mass is 331 g/mol. The third-order valence-electron chi connectivity index (χ3n) is 4.70. The molecule has 2 aromatic carbocycles. The number of likely N-dealkylation sites (tertiary alicyclic amines) is 1. The molecule has 126 valence electrons. The fourth-order valence-corrected chi connectivity index (χ4v) is 3.30. The van der Waals surface area contributed by atoms with Crippen molar-refractivity contribution >= 4 is 5.91 Å². The van der Waals surface area contributed by atoms with Gasteiger partial charge in [0, 0.05) is 18.8 Å². The number of hydrogen-bond acceptors (Lipinski definition) is 2. The van der Waals surface area contributed by atoms with Crippen molar-refractivity contribution in [3.63, 3.8) is 0 Å². The molecule has 1 aromatic heterocycles. The Morgan fingerprint density at radius 3 is 2.24 bits per heavy atom. The van der Waals surface area contributed by atoms with E-state index in [9.17, 15) is 4.79 Å². The average molecular weight is 331 g/mol. The van der Waals surface area contributed by atoms with Gasteiger partial charge in [-0.25, -0.2) is 4.98 Å². The summed E-state index contributed by atoms with van der Waals surface area (Å²) in [5.74, 6) is 0.0575. The van der Waals surface area contributed by atoms with Gasteiger partial charge < -0.3 is 4.90 Å². The molecule has 1 saturated heterocycles. The van der Waals surface area contributed by atoms with Gasteiger partial charge in [-0.3, -0.25) is 9.36 Å². The van der Waals surface area contributed by atoms with E-state index in [4.69, 9.17) is 0 Å². The maximum Gasteiger partial charge on any atom is 0.272 e. The van der Waals surface area contributed by atoms with Gasteiger partial charge in [0.25, 0.3) is 5.91 Å². The van der Waals surface area contributed by atoms with Crippen molar-refractivity contribution in [2.45, 2.75) is 20.3 Å². The van der Waals surface area contributed by atoms with Crippen LogP contribution in [0.2, 0.25) is 0 Å². The van der Waals surface area contributed by atoms with Crippen LogP contribution in [0.1, 0.15) is 28.0 Å². The molecule has 1 fully saturated rings. The van der Waals surface area contributed by atoms with Crippen LogP contribution in [0, 0.1) is 13.8 Å². The number of hydrogen-bond donors (Lipinski definition) is 0. The largest absolute Gasteiger partial charge is 0.337 e. The van der Waals surface area contributed by atoms with Crippen LogP contribution in [0.5, 0.6) is 0 Å². The van der Waals surface area contributed by atoms with Gasteiger partial charge in [0.15, 0.2) is 0 Å². The third kappa shape index (κ3) is 2.95. The van der Waals surface area contributed by atoms with E-state index in [1.807, 2.05) is 21.6 Å². The highest BCUT2D eigenvalue weighted by atomic mass is 16.2. The molecule has 1 aliphatic rings. The van der Waals surface area contributed by atoms with Gasteiger partial charge in [0.1, 0.15) is 5.69 Å². The van der Waals surface area contributed by atoms with Crippen molar-refractivity contribution < 1.29 is 4.79 Å². The van der Waals surface area contributed by atoms with Gasteiger partial charge in [-0.2, -0.15) is 0 Å². The Bertz CT molecular complexity index is 900. The lowest BCUT2D eigenvalue weighted by molar-refractivity contribution is 0.0643. The lowest BCUT2D eigenvalue weighted by atomic mass is 10.0. The summed E-state index contributed by atoms with van der Waals surface area (Å²) in [6.45, 7) is 5.92. The highest BCUT2D eigenvalue weighted by Gasteiger charge is 2.24. The molecule has 3 aromatic rings. The number of carbonyl (C=O) groups is 1. The van der Waals surface area contributed by atoms with Gasteiger partial charge in [0.2, 0.25) is 0 Å². The number of aryl methyl sites for hydroxylation is 2. The molecule has 1 aliphatic heterocycles. The minimum atomic E-state index is 0.0575. The second-order valence-electron chi connectivity index (χ2n) is 6.72. The summed E-state index contributed by atoms with van der Waals surface area (Å²) in [7, 11) is 0. The summed E-state index contributed by atoms with van der Waals surface area (Å²) in [5, 5.41) is 0. The number of aromatic nitrogens is 2. The van der Waals surface area contributed by atoms with E-state index >= 15 is 0 Å². The van der Waals surface area contributed by atoms with E-state index < -0.39 is 0 Å². The molecule has 0 spiro atoms. The second-order valence-corrected chi connectivity index (χ2v) is 6.72. The van der Waals surface area contributed by atoms with E-state index in [1.165, 1.54) is 22.3 Å². The van der Waals surface area contributed by atoms with Crippen LogP contribution in [-0.2, 0) is 0 Å². The summed E-state index contributed by atoms with van der Waals surface area (Å²) in [6.07, 6.45) is 4.45. The van der Waals surface area contributed by atoms with E-state index in [0.29, 0.717) is 5.69 Å². The van der Waals surface area contributed by atoms with Crippen LogP contribution in [0.25, 0.3) is 16.8 Å². The number of rotatable bonds is 3. The topological polar surface area (TPSA) is 38.1 Å². The molecule has 0 atom stereocenters. The zero-order valence-electron chi connectivity index (χ0n) is 14.6. The highest BCUT2D eigenvalue weighted by Crippen LogP contribution is 2.24. The lowest BCUT2D eigenvalue weighted by Crippen LogP contribution is -2.42. The van der Waals surface area contributed by atoms with Gasteiger partial charge in [-0.1, -0.05) is 41.5 Å². The van der Waals surface area contributed by atoms with Crippen molar-refractivity contribution in [3.05, 3.63) is 71.8 Å². The summed E-state index contributed by atoms with van der Waals surface area (Å²) in [5.41, 5.74) is 6.48. The SMILES string of the molecule is Cc1cc(C)cc(-c2ccc(-n3cncc3C(=O)N3CCC3)cc2)c1. The quantitative estimate of drug-likeness (QED) is 0.727. The Kier molecular flexibility index (Phi) is 3.88. The van der Waals surface area contributed by atoms with E-state index in [2.05, 4.69) is 49.2 Å². The molecule has 0 unspecified atom stereocenters. The fraction of sp³-hybridized carbons (Fsp3) is 0.238. The standard InChI is InChI=1S/C21H21N3O/c1-15-10-16(2)12-18(11-15)17-4-6-19(7-5-17)24-14-22-13-20(24)21(25)23-8-3-9-23/h4-7,10-14H,3,8-9H2,1-2H3. The van der Waals surface area contributed by atoms with E-state index in [1.54, 1.807) is 12.5 Å². The first kappa shape index (κ1) is 15.6. The third-order valence-corrected chi connectivity index (χ3v) is 4.70. The van der Waals surface area contributed by atoms with Crippen LogP contribution in [-0.4, -0.2) is 33.4 Å². The molecule has 25 heavy (non-hydrogen) atoms. The maximum absolute atomic E-state index is 12.5. The smallest absolute Gasteiger partial charge is 0.272 e. The Morgan fingerprint density at radius 1 is 0.960 bits per heavy atom. The summed E-state index contributed by atoms with van der Waals surface area (Å²) >= 11 is 0. The fourth-order valence-electron chi connectivity index (χ4n) is 3.30. The predicted molar refractivity (Wildman–Crippen MR) is 99.0 cm³/mol. The predicted octanol–water partition coefficient (Wildman–Crippen LogP) is 4.00. The molecular weight excluding hydrogens is 310 g/mol. The number of carbonyl (C=O) groups excluding carboxylic acids is 1. The van der Waals surface area contributed by atoms with Crippen molar-refractivity contribution in [3.8, 4) is 16.8 Å². The number of benzene rings is 2. The number of nitrogens with zero attached hydrogens (tertiary/aromatic N) is 3.